The van der Waals surface area contributed by atoms with E-state index in [2.05, 4.69) is 26.1 Å². The van der Waals surface area contributed by atoms with Gasteiger partial charge in [0.2, 0.25) is 16.9 Å². The number of rotatable bonds is 7. The number of nitrogens with one attached hydrogen (secondary N) is 3. The molecule has 9 heteroatoms. The van der Waals surface area contributed by atoms with Gasteiger partial charge in [-0.25, -0.2) is 0 Å². The Morgan fingerprint density at radius 1 is 1.07 bits per heavy atom. The fourth-order valence-electron chi connectivity index (χ4n) is 3.03. The third kappa shape index (κ3) is 6.20. The zero-order chi connectivity index (χ0) is 19.9. The van der Waals surface area contributed by atoms with Crippen molar-refractivity contribution in [3.8, 4) is 0 Å². The Labute approximate surface area is 173 Å². The zero-order valence-corrected chi connectivity index (χ0v) is 17.7. The summed E-state index contributed by atoms with van der Waals surface area (Å²) >= 11 is 2.90. The summed E-state index contributed by atoms with van der Waals surface area (Å²) in [6.45, 7) is 3.31. The van der Waals surface area contributed by atoms with E-state index >= 15 is 0 Å². The number of nitrogens with zero attached hydrogens (tertiary/aromatic N) is 2. The van der Waals surface area contributed by atoms with E-state index in [0.29, 0.717) is 17.4 Å². The molecule has 28 heavy (non-hydrogen) atoms. The highest BCUT2D eigenvalue weighted by Crippen LogP contribution is 2.31. The minimum absolute atomic E-state index is 0.103. The number of carbonyl (C=O) groups excluding carboxylic acids is 2. The number of amides is 2. The first-order valence-corrected chi connectivity index (χ1v) is 11.1. The predicted octanol–water partition coefficient (Wildman–Crippen LogP) is 4.36. The normalized spacial score (nSPS) is 15.6. The predicted molar refractivity (Wildman–Crippen MR) is 115 cm³/mol. The van der Waals surface area contributed by atoms with Gasteiger partial charge >= 0.3 is 0 Å². The van der Waals surface area contributed by atoms with Gasteiger partial charge in [0.15, 0.2) is 4.34 Å². The highest BCUT2D eigenvalue weighted by Gasteiger charge is 2.19. The van der Waals surface area contributed by atoms with Gasteiger partial charge in [-0.2, -0.15) is 0 Å². The summed E-state index contributed by atoms with van der Waals surface area (Å²) in [6, 6.07) is 7.52. The van der Waals surface area contributed by atoms with Gasteiger partial charge in [0, 0.05) is 24.3 Å². The first-order valence-electron chi connectivity index (χ1n) is 9.45. The maximum absolute atomic E-state index is 12.4. The lowest BCUT2D eigenvalue weighted by atomic mass is 9.96. The molecule has 0 aliphatic heterocycles. The first-order chi connectivity index (χ1) is 13.5. The van der Waals surface area contributed by atoms with E-state index < -0.39 is 0 Å². The van der Waals surface area contributed by atoms with Crippen LogP contribution in [0.25, 0.3) is 0 Å². The van der Waals surface area contributed by atoms with E-state index in [9.17, 15) is 9.59 Å². The second kappa shape index (κ2) is 9.88. The van der Waals surface area contributed by atoms with Crippen molar-refractivity contribution in [1.29, 1.82) is 0 Å². The van der Waals surface area contributed by atoms with Crippen LogP contribution < -0.4 is 16.0 Å². The van der Waals surface area contributed by atoms with Crippen LogP contribution in [0.4, 0.5) is 16.5 Å². The van der Waals surface area contributed by atoms with Gasteiger partial charge in [0.1, 0.15) is 0 Å². The molecule has 2 amide bonds. The Balaban J connectivity index is 1.49. The molecule has 1 aliphatic rings. The second-order valence-electron chi connectivity index (χ2n) is 6.86. The third-order valence-electron chi connectivity index (χ3n) is 4.46. The Bertz CT molecular complexity index is 803. The summed E-state index contributed by atoms with van der Waals surface area (Å²) in [6.07, 6.45) is 6.21. The summed E-state index contributed by atoms with van der Waals surface area (Å²) < 4.78 is 0.780. The first kappa shape index (κ1) is 20.6. The summed E-state index contributed by atoms with van der Waals surface area (Å²) in [5.41, 5.74) is 1.38. The highest BCUT2D eigenvalue weighted by molar-refractivity contribution is 8.02. The number of hydrogen-bond donors (Lipinski definition) is 3. The van der Waals surface area contributed by atoms with Crippen LogP contribution in [0.2, 0.25) is 0 Å². The van der Waals surface area contributed by atoms with Gasteiger partial charge in [0.05, 0.1) is 5.25 Å². The molecular formula is C19H25N5O2S2. The molecule has 0 saturated heterocycles. The van der Waals surface area contributed by atoms with E-state index in [4.69, 9.17) is 0 Å². The van der Waals surface area contributed by atoms with Gasteiger partial charge in [-0.3, -0.25) is 9.59 Å². The molecule has 2 aromatic rings. The van der Waals surface area contributed by atoms with Gasteiger partial charge in [0.25, 0.3) is 0 Å². The third-order valence-corrected chi connectivity index (χ3v) is 6.50. The lowest BCUT2D eigenvalue weighted by molar-refractivity contribution is -0.115. The molecule has 7 nitrogen and oxygen atoms in total. The van der Waals surface area contributed by atoms with E-state index in [-0.39, 0.29) is 17.1 Å². The minimum atomic E-state index is -0.300. The molecule has 1 aromatic carbocycles. The topological polar surface area (TPSA) is 96.0 Å². The molecule has 1 saturated carbocycles. The number of thioether (sulfide) groups is 1. The minimum Gasteiger partial charge on any atom is -0.357 e. The number of anilines is 3. The Hall–Kier alpha value is -2.13. The van der Waals surface area contributed by atoms with Crippen molar-refractivity contribution in [2.75, 3.05) is 16.0 Å². The summed E-state index contributed by atoms with van der Waals surface area (Å²) in [5, 5.41) is 18.0. The van der Waals surface area contributed by atoms with Crippen LogP contribution in [0.1, 0.15) is 46.0 Å². The fourth-order valence-corrected chi connectivity index (χ4v) is 5.00. The molecule has 1 aliphatic carbocycles. The van der Waals surface area contributed by atoms with Crippen molar-refractivity contribution in [3.63, 3.8) is 0 Å². The van der Waals surface area contributed by atoms with Crippen LogP contribution in [0.5, 0.6) is 0 Å². The Morgan fingerprint density at radius 2 is 1.71 bits per heavy atom. The van der Waals surface area contributed by atoms with Crippen LogP contribution in [-0.4, -0.2) is 33.3 Å². The number of aromatic nitrogens is 2. The highest BCUT2D eigenvalue weighted by atomic mass is 32.2. The molecule has 0 spiro atoms. The van der Waals surface area contributed by atoms with Crippen molar-refractivity contribution in [2.45, 2.75) is 61.6 Å². The smallest absolute Gasteiger partial charge is 0.237 e. The van der Waals surface area contributed by atoms with E-state index in [0.717, 1.165) is 9.47 Å². The van der Waals surface area contributed by atoms with Gasteiger partial charge in [-0.1, -0.05) is 42.4 Å². The average molecular weight is 420 g/mol. The van der Waals surface area contributed by atoms with Crippen LogP contribution in [0.15, 0.2) is 28.6 Å². The maximum atomic E-state index is 12.4. The summed E-state index contributed by atoms with van der Waals surface area (Å²) in [7, 11) is 0. The maximum Gasteiger partial charge on any atom is 0.237 e. The SMILES string of the molecule is CC(=O)Nc1ccc(NC(=O)C(C)Sc2nnc(NC3CCCCC3)s2)cc1. The van der Waals surface area contributed by atoms with Crippen molar-refractivity contribution in [3.05, 3.63) is 24.3 Å². The Kier molecular flexibility index (Phi) is 7.27. The van der Waals surface area contributed by atoms with Crippen LogP contribution in [-0.2, 0) is 9.59 Å². The molecule has 150 valence electrons. The quantitative estimate of drug-likeness (QED) is 0.577. The van der Waals surface area contributed by atoms with Crippen LogP contribution in [0, 0.1) is 0 Å². The molecule has 1 unspecified atom stereocenters. The molecular weight excluding hydrogens is 394 g/mol. The number of hydrogen-bond acceptors (Lipinski definition) is 7. The lowest BCUT2D eigenvalue weighted by Crippen LogP contribution is -2.22. The largest absolute Gasteiger partial charge is 0.357 e. The van der Waals surface area contributed by atoms with E-state index in [1.165, 1.54) is 62.1 Å². The van der Waals surface area contributed by atoms with Crippen LogP contribution >= 0.6 is 23.1 Å². The summed E-state index contributed by atoms with van der Waals surface area (Å²) in [5.74, 6) is -0.231. The van der Waals surface area contributed by atoms with E-state index in [1.807, 2.05) is 6.92 Å². The number of benzene rings is 1. The molecule has 0 radical (unpaired) electrons. The molecule has 0 bridgehead atoms. The molecule has 1 aromatic heterocycles. The molecule has 1 atom stereocenters. The molecule has 3 rings (SSSR count). The van der Waals surface area contributed by atoms with Crippen molar-refractivity contribution < 1.29 is 9.59 Å². The summed E-state index contributed by atoms with van der Waals surface area (Å²) in [4.78, 5) is 23.5. The lowest BCUT2D eigenvalue weighted by Gasteiger charge is -2.21. The van der Waals surface area contributed by atoms with Gasteiger partial charge in [-0.15, -0.1) is 10.2 Å². The second-order valence-corrected chi connectivity index (χ2v) is 9.43. The van der Waals surface area contributed by atoms with Crippen LogP contribution in [0.3, 0.4) is 0 Å². The van der Waals surface area contributed by atoms with Crippen molar-refractivity contribution in [1.82, 2.24) is 10.2 Å². The van der Waals surface area contributed by atoms with Gasteiger partial charge in [-0.05, 0) is 44.0 Å². The fraction of sp³-hybridized carbons (Fsp3) is 0.474. The van der Waals surface area contributed by atoms with Crippen molar-refractivity contribution >= 4 is 51.4 Å². The molecule has 3 N–H and O–H groups in total. The van der Waals surface area contributed by atoms with Crippen molar-refractivity contribution in [2.24, 2.45) is 0 Å². The molecule has 1 heterocycles. The standard InChI is InChI=1S/C19H25N5O2S2/c1-12(17(26)21-16-10-8-15(9-11-16)20-13(2)25)27-19-24-23-18(28-19)22-14-6-4-3-5-7-14/h8-12,14H,3-7H2,1-2H3,(H,20,25)(H,21,26)(H,22,23). The monoisotopic (exact) mass is 419 g/mol. The zero-order valence-electron chi connectivity index (χ0n) is 16.0. The molecule has 1 fully saturated rings. The Morgan fingerprint density at radius 3 is 2.36 bits per heavy atom. The number of carbonyl (C=O) groups is 2. The van der Waals surface area contributed by atoms with E-state index in [1.54, 1.807) is 24.3 Å². The van der Waals surface area contributed by atoms with Gasteiger partial charge < -0.3 is 16.0 Å². The average Bonchev–Trinajstić information content (AvgIpc) is 3.10.